The zero-order valence-electron chi connectivity index (χ0n) is 9.61. The van der Waals surface area contributed by atoms with E-state index in [4.69, 9.17) is 4.74 Å². The van der Waals surface area contributed by atoms with Gasteiger partial charge in [0.2, 0.25) is 0 Å². The Bertz CT molecular complexity index is 485. The van der Waals surface area contributed by atoms with Crippen LogP contribution in [0.5, 0.6) is 5.75 Å². The SMILES string of the molecule is COc1ccc(Br)cc1NCc1ccccc1. The molecule has 0 saturated carbocycles. The summed E-state index contributed by atoms with van der Waals surface area (Å²) < 4.78 is 6.34. The zero-order valence-corrected chi connectivity index (χ0v) is 11.2. The number of ether oxygens (including phenoxy) is 1. The second kappa shape index (κ2) is 5.73. The maximum absolute atomic E-state index is 5.31. The van der Waals surface area contributed by atoms with Crippen molar-refractivity contribution in [2.45, 2.75) is 6.54 Å². The number of anilines is 1. The highest BCUT2D eigenvalue weighted by atomic mass is 79.9. The third-order valence-electron chi connectivity index (χ3n) is 2.49. The summed E-state index contributed by atoms with van der Waals surface area (Å²) in [5.41, 5.74) is 2.24. The molecule has 0 bridgehead atoms. The van der Waals surface area contributed by atoms with E-state index in [0.717, 1.165) is 22.5 Å². The molecule has 0 atom stereocenters. The normalized spacial score (nSPS) is 10.0. The van der Waals surface area contributed by atoms with Gasteiger partial charge in [0.05, 0.1) is 12.8 Å². The van der Waals surface area contributed by atoms with Crippen molar-refractivity contribution in [3.05, 3.63) is 58.6 Å². The molecule has 0 heterocycles. The Labute approximate surface area is 110 Å². The summed E-state index contributed by atoms with van der Waals surface area (Å²) in [4.78, 5) is 0. The van der Waals surface area contributed by atoms with Gasteiger partial charge < -0.3 is 10.1 Å². The summed E-state index contributed by atoms with van der Waals surface area (Å²) in [5.74, 6) is 0.851. The third-order valence-corrected chi connectivity index (χ3v) is 2.98. The van der Waals surface area contributed by atoms with Gasteiger partial charge in [-0.1, -0.05) is 46.3 Å². The van der Waals surface area contributed by atoms with Gasteiger partial charge in [-0.2, -0.15) is 0 Å². The van der Waals surface area contributed by atoms with Crippen molar-refractivity contribution in [2.24, 2.45) is 0 Å². The lowest BCUT2D eigenvalue weighted by Crippen LogP contribution is -2.01. The van der Waals surface area contributed by atoms with Crippen LogP contribution in [0, 0.1) is 0 Å². The van der Waals surface area contributed by atoms with Gasteiger partial charge >= 0.3 is 0 Å². The van der Waals surface area contributed by atoms with Crippen molar-refractivity contribution in [3.63, 3.8) is 0 Å². The van der Waals surface area contributed by atoms with E-state index in [1.54, 1.807) is 7.11 Å². The Morgan fingerprint density at radius 2 is 1.88 bits per heavy atom. The Morgan fingerprint density at radius 1 is 1.12 bits per heavy atom. The molecule has 2 aromatic carbocycles. The second-order valence-electron chi connectivity index (χ2n) is 3.68. The van der Waals surface area contributed by atoms with Crippen molar-refractivity contribution in [1.82, 2.24) is 0 Å². The molecule has 0 radical (unpaired) electrons. The number of nitrogens with one attached hydrogen (secondary N) is 1. The molecule has 0 unspecified atom stereocenters. The molecule has 0 amide bonds. The first kappa shape index (κ1) is 12.0. The fraction of sp³-hybridized carbons (Fsp3) is 0.143. The summed E-state index contributed by atoms with van der Waals surface area (Å²) >= 11 is 3.46. The highest BCUT2D eigenvalue weighted by Crippen LogP contribution is 2.28. The number of benzene rings is 2. The van der Waals surface area contributed by atoms with Crippen LogP contribution in [0.25, 0.3) is 0 Å². The molecule has 0 spiro atoms. The van der Waals surface area contributed by atoms with Crippen molar-refractivity contribution in [1.29, 1.82) is 0 Å². The van der Waals surface area contributed by atoms with Crippen LogP contribution in [0.2, 0.25) is 0 Å². The van der Waals surface area contributed by atoms with E-state index < -0.39 is 0 Å². The summed E-state index contributed by atoms with van der Waals surface area (Å²) in [7, 11) is 1.68. The van der Waals surface area contributed by atoms with Crippen LogP contribution in [0.3, 0.4) is 0 Å². The van der Waals surface area contributed by atoms with E-state index in [0.29, 0.717) is 0 Å². The van der Waals surface area contributed by atoms with Gasteiger partial charge in [-0.3, -0.25) is 0 Å². The maximum Gasteiger partial charge on any atom is 0.142 e. The fourth-order valence-electron chi connectivity index (χ4n) is 1.61. The first-order valence-corrected chi connectivity index (χ1v) is 6.20. The van der Waals surface area contributed by atoms with Crippen molar-refractivity contribution < 1.29 is 4.74 Å². The third kappa shape index (κ3) is 3.24. The maximum atomic E-state index is 5.31. The van der Waals surface area contributed by atoms with E-state index in [2.05, 4.69) is 33.4 Å². The molecule has 0 aliphatic heterocycles. The topological polar surface area (TPSA) is 21.3 Å². The Hall–Kier alpha value is -1.48. The largest absolute Gasteiger partial charge is 0.495 e. The van der Waals surface area contributed by atoms with Gasteiger partial charge in [0.15, 0.2) is 0 Å². The lowest BCUT2D eigenvalue weighted by atomic mass is 10.2. The van der Waals surface area contributed by atoms with Crippen molar-refractivity contribution >= 4 is 21.6 Å². The van der Waals surface area contributed by atoms with E-state index in [9.17, 15) is 0 Å². The summed E-state index contributed by atoms with van der Waals surface area (Å²) in [5, 5.41) is 3.37. The molecule has 0 aliphatic rings. The van der Waals surface area contributed by atoms with Crippen LogP contribution in [-0.2, 0) is 6.54 Å². The van der Waals surface area contributed by atoms with Gasteiger partial charge in [0, 0.05) is 11.0 Å². The fourth-order valence-corrected chi connectivity index (χ4v) is 1.97. The molecule has 0 aliphatic carbocycles. The summed E-state index contributed by atoms with van der Waals surface area (Å²) in [6.45, 7) is 0.785. The average Bonchev–Trinajstić information content (AvgIpc) is 2.38. The van der Waals surface area contributed by atoms with Crippen LogP contribution >= 0.6 is 15.9 Å². The number of hydrogen-bond donors (Lipinski definition) is 1. The summed E-state index contributed by atoms with van der Waals surface area (Å²) in [6.07, 6.45) is 0. The molecular formula is C14H14BrNO. The molecule has 1 N–H and O–H groups in total. The van der Waals surface area contributed by atoms with E-state index in [1.165, 1.54) is 5.56 Å². The van der Waals surface area contributed by atoms with Crippen molar-refractivity contribution in [3.8, 4) is 5.75 Å². The standard InChI is InChI=1S/C14H14BrNO/c1-17-14-8-7-12(15)9-13(14)16-10-11-5-3-2-4-6-11/h2-9,16H,10H2,1H3. The van der Waals surface area contributed by atoms with E-state index in [-0.39, 0.29) is 0 Å². The number of halogens is 1. The quantitative estimate of drug-likeness (QED) is 0.917. The highest BCUT2D eigenvalue weighted by Gasteiger charge is 2.02. The van der Waals surface area contributed by atoms with Gasteiger partial charge in [0.25, 0.3) is 0 Å². The van der Waals surface area contributed by atoms with Crippen molar-refractivity contribution in [2.75, 3.05) is 12.4 Å². The van der Waals surface area contributed by atoms with Crippen LogP contribution in [-0.4, -0.2) is 7.11 Å². The minimum atomic E-state index is 0.785. The number of rotatable bonds is 4. The molecule has 0 fully saturated rings. The highest BCUT2D eigenvalue weighted by molar-refractivity contribution is 9.10. The van der Waals surface area contributed by atoms with Crippen LogP contribution < -0.4 is 10.1 Å². The average molecular weight is 292 g/mol. The van der Waals surface area contributed by atoms with Crippen LogP contribution in [0.1, 0.15) is 5.56 Å². The Kier molecular flexibility index (Phi) is 4.04. The van der Waals surface area contributed by atoms with E-state index in [1.807, 2.05) is 36.4 Å². The molecule has 2 nitrogen and oxygen atoms in total. The van der Waals surface area contributed by atoms with E-state index >= 15 is 0 Å². The molecule has 2 aromatic rings. The van der Waals surface area contributed by atoms with Crippen LogP contribution in [0.15, 0.2) is 53.0 Å². The molecule has 0 saturated heterocycles. The first-order valence-electron chi connectivity index (χ1n) is 5.41. The van der Waals surface area contributed by atoms with Gasteiger partial charge in [0.1, 0.15) is 5.75 Å². The molecular weight excluding hydrogens is 278 g/mol. The second-order valence-corrected chi connectivity index (χ2v) is 4.60. The molecule has 88 valence electrons. The predicted octanol–water partition coefficient (Wildman–Crippen LogP) is 4.07. The predicted molar refractivity (Wildman–Crippen MR) is 74.5 cm³/mol. The van der Waals surface area contributed by atoms with Gasteiger partial charge in [-0.25, -0.2) is 0 Å². The minimum absolute atomic E-state index is 0.785. The first-order chi connectivity index (χ1) is 8.29. The number of hydrogen-bond acceptors (Lipinski definition) is 2. The summed E-state index contributed by atoms with van der Waals surface area (Å²) in [6, 6.07) is 16.2. The molecule has 2 rings (SSSR count). The molecule has 0 aromatic heterocycles. The smallest absolute Gasteiger partial charge is 0.142 e. The lowest BCUT2D eigenvalue weighted by molar-refractivity contribution is 0.416. The lowest BCUT2D eigenvalue weighted by Gasteiger charge is -2.11. The van der Waals surface area contributed by atoms with Crippen LogP contribution in [0.4, 0.5) is 5.69 Å². The zero-order chi connectivity index (χ0) is 12.1. The monoisotopic (exact) mass is 291 g/mol. The number of methoxy groups -OCH3 is 1. The minimum Gasteiger partial charge on any atom is -0.495 e. The molecule has 17 heavy (non-hydrogen) atoms. The Balaban J connectivity index is 2.11. The van der Waals surface area contributed by atoms with Gasteiger partial charge in [-0.15, -0.1) is 0 Å². The molecule has 3 heteroatoms. The Morgan fingerprint density at radius 3 is 2.59 bits per heavy atom. The van der Waals surface area contributed by atoms with Gasteiger partial charge in [-0.05, 0) is 23.8 Å².